The fourth-order valence-corrected chi connectivity index (χ4v) is 5.35. The minimum absolute atomic E-state index is 0.00253. The van der Waals surface area contributed by atoms with Crippen molar-refractivity contribution in [3.63, 3.8) is 0 Å². The van der Waals surface area contributed by atoms with Gasteiger partial charge in [-0.05, 0) is 47.7 Å². The molecule has 6 rings (SSSR count). The third kappa shape index (κ3) is 2.92. The van der Waals surface area contributed by atoms with Crippen LogP contribution in [-0.4, -0.2) is 25.5 Å². The van der Waals surface area contributed by atoms with Crippen LogP contribution in [0.5, 0.6) is 0 Å². The van der Waals surface area contributed by atoms with Gasteiger partial charge in [-0.25, -0.2) is 9.97 Å². The highest BCUT2D eigenvalue weighted by Gasteiger charge is 2.30. The quantitative estimate of drug-likeness (QED) is 0.418. The third-order valence-electron chi connectivity index (χ3n) is 5.82. The van der Waals surface area contributed by atoms with Crippen molar-refractivity contribution < 1.29 is 4.79 Å². The van der Waals surface area contributed by atoms with E-state index >= 15 is 0 Å². The first kappa shape index (κ1) is 18.5. The number of carbonyl (C=O) groups is 1. The SMILES string of the molecule is O=C1C[C@@H](c2ccc(Cl)cc2)Cc2c1cnc1[nH]n(-c3nc4ccccc4s3)c(=O)c21. The van der Waals surface area contributed by atoms with E-state index < -0.39 is 0 Å². The van der Waals surface area contributed by atoms with Crippen LogP contribution in [0.1, 0.15) is 33.8 Å². The van der Waals surface area contributed by atoms with E-state index in [2.05, 4.69) is 15.1 Å². The molecule has 0 aliphatic heterocycles. The highest BCUT2D eigenvalue weighted by molar-refractivity contribution is 7.20. The molecule has 8 heteroatoms. The summed E-state index contributed by atoms with van der Waals surface area (Å²) in [5, 5.41) is 4.75. The topological polar surface area (TPSA) is 80.6 Å². The number of pyridine rings is 1. The fourth-order valence-electron chi connectivity index (χ4n) is 4.30. The van der Waals surface area contributed by atoms with E-state index in [1.54, 1.807) is 6.20 Å². The lowest BCUT2D eigenvalue weighted by Crippen LogP contribution is -2.22. The molecule has 2 aromatic carbocycles. The van der Waals surface area contributed by atoms with Crippen LogP contribution in [0, 0.1) is 0 Å². The summed E-state index contributed by atoms with van der Waals surface area (Å²) in [4.78, 5) is 35.2. The molecule has 0 saturated carbocycles. The standard InChI is InChI=1S/C23H15ClN4O2S/c24-14-7-5-12(6-8-14)13-9-15-16(18(29)10-13)11-25-21-20(15)22(30)28(27-21)23-26-17-3-1-2-4-19(17)31-23/h1-8,11,13H,9-10H2,(H,25,27)/t13-/m0/s1. The summed E-state index contributed by atoms with van der Waals surface area (Å²) in [5.74, 6) is -0.00388. The molecular formula is C23H15ClN4O2S. The molecule has 5 aromatic rings. The molecule has 0 radical (unpaired) electrons. The average molecular weight is 447 g/mol. The molecule has 6 nitrogen and oxygen atoms in total. The Morgan fingerprint density at radius 2 is 1.87 bits per heavy atom. The Hall–Kier alpha value is -3.29. The van der Waals surface area contributed by atoms with Crippen LogP contribution in [0.25, 0.3) is 26.4 Å². The lowest BCUT2D eigenvalue weighted by molar-refractivity contribution is 0.0964. The summed E-state index contributed by atoms with van der Waals surface area (Å²) in [5.41, 5.74) is 3.39. The van der Waals surface area contributed by atoms with Gasteiger partial charge in [0.05, 0.1) is 15.6 Å². The Balaban J connectivity index is 1.51. The Morgan fingerprint density at radius 3 is 2.68 bits per heavy atom. The van der Waals surface area contributed by atoms with E-state index in [4.69, 9.17) is 11.6 Å². The largest absolute Gasteiger partial charge is 0.294 e. The molecule has 0 saturated heterocycles. The molecule has 0 fully saturated rings. The van der Waals surface area contributed by atoms with Crippen molar-refractivity contribution in [3.05, 3.63) is 86.8 Å². The Kier molecular flexibility index (Phi) is 4.09. The normalized spacial score (nSPS) is 16.2. The minimum atomic E-state index is -0.233. The van der Waals surface area contributed by atoms with Gasteiger partial charge >= 0.3 is 0 Å². The lowest BCUT2D eigenvalue weighted by atomic mass is 9.79. The maximum atomic E-state index is 13.4. The van der Waals surface area contributed by atoms with Gasteiger partial charge in [0.2, 0.25) is 5.13 Å². The van der Waals surface area contributed by atoms with Crippen molar-refractivity contribution in [1.29, 1.82) is 0 Å². The summed E-state index contributed by atoms with van der Waals surface area (Å²) < 4.78 is 2.43. The second-order valence-corrected chi connectivity index (χ2v) is 9.12. The van der Waals surface area contributed by atoms with E-state index in [-0.39, 0.29) is 17.3 Å². The molecule has 3 aromatic heterocycles. The first-order valence-corrected chi connectivity index (χ1v) is 11.0. The zero-order valence-electron chi connectivity index (χ0n) is 16.1. The molecule has 31 heavy (non-hydrogen) atoms. The second kappa shape index (κ2) is 6.87. The van der Waals surface area contributed by atoms with Crippen molar-refractivity contribution in [2.45, 2.75) is 18.8 Å². The number of halogens is 1. The number of aromatic amines is 1. The van der Waals surface area contributed by atoms with E-state index in [9.17, 15) is 9.59 Å². The predicted octanol–water partition coefficient (Wildman–Crippen LogP) is 4.89. The maximum Gasteiger partial charge on any atom is 0.283 e. The number of hydrogen-bond acceptors (Lipinski definition) is 5. The molecule has 152 valence electrons. The highest BCUT2D eigenvalue weighted by Crippen LogP contribution is 2.35. The summed E-state index contributed by atoms with van der Waals surface area (Å²) >= 11 is 7.45. The maximum absolute atomic E-state index is 13.4. The Morgan fingerprint density at radius 1 is 1.06 bits per heavy atom. The van der Waals surface area contributed by atoms with E-state index in [1.807, 2.05) is 48.5 Å². The minimum Gasteiger partial charge on any atom is -0.294 e. The number of Topliss-reactive ketones (excluding diaryl/α,β-unsaturated/α-hetero) is 1. The first-order valence-electron chi connectivity index (χ1n) is 9.85. The molecule has 1 N–H and O–H groups in total. The zero-order chi connectivity index (χ0) is 21.1. The molecular weight excluding hydrogens is 432 g/mol. The van der Waals surface area contributed by atoms with Gasteiger partial charge in [-0.2, -0.15) is 4.68 Å². The molecule has 1 aliphatic carbocycles. The summed E-state index contributed by atoms with van der Waals surface area (Å²) in [6.07, 6.45) is 2.56. The number of nitrogens with one attached hydrogen (secondary N) is 1. The van der Waals surface area contributed by atoms with Gasteiger partial charge in [0.15, 0.2) is 11.4 Å². The van der Waals surface area contributed by atoms with E-state index in [0.717, 1.165) is 21.3 Å². The van der Waals surface area contributed by atoms with Crippen molar-refractivity contribution >= 4 is 50.0 Å². The van der Waals surface area contributed by atoms with Crippen LogP contribution in [-0.2, 0) is 6.42 Å². The van der Waals surface area contributed by atoms with Gasteiger partial charge < -0.3 is 0 Å². The number of rotatable bonds is 2. The van der Waals surface area contributed by atoms with Crippen LogP contribution in [0.15, 0.2) is 59.5 Å². The predicted molar refractivity (Wildman–Crippen MR) is 122 cm³/mol. The van der Waals surface area contributed by atoms with Crippen molar-refractivity contribution in [2.75, 3.05) is 0 Å². The molecule has 0 spiro atoms. The van der Waals surface area contributed by atoms with Gasteiger partial charge in [-0.1, -0.05) is 47.2 Å². The lowest BCUT2D eigenvalue weighted by Gasteiger charge is -2.24. The van der Waals surface area contributed by atoms with Crippen LogP contribution in [0.4, 0.5) is 0 Å². The van der Waals surface area contributed by atoms with Crippen molar-refractivity contribution in [1.82, 2.24) is 19.7 Å². The van der Waals surface area contributed by atoms with Crippen LogP contribution in [0.2, 0.25) is 5.02 Å². The Labute approximate surface area is 185 Å². The number of fused-ring (bicyclic) bond motifs is 4. The van der Waals surface area contributed by atoms with Gasteiger partial charge in [-0.3, -0.25) is 14.7 Å². The van der Waals surface area contributed by atoms with E-state index in [0.29, 0.717) is 39.6 Å². The Bertz CT molecular complexity index is 1510. The van der Waals surface area contributed by atoms with Gasteiger partial charge in [-0.15, -0.1) is 0 Å². The van der Waals surface area contributed by atoms with Crippen molar-refractivity contribution in [2.24, 2.45) is 0 Å². The second-order valence-electron chi connectivity index (χ2n) is 7.67. The van der Waals surface area contributed by atoms with E-state index in [1.165, 1.54) is 16.0 Å². The molecule has 0 bridgehead atoms. The van der Waals surface area contributed by atoms with Gasteiger partial charge in [0, 0.05) is 23.2 Å². The third-order valence-corrected chi connectivity index (χ3v) is 7.09. The highest BCUT2D eigenvalue weighted by atomic mass is 35.5. The summed E-state index contributed by atoms with van der Waals surface area (Å²) in [6.45, 7) is 0. The summed E-state index contributed by atoms with van der Waals surface area (Å²) in [6, 6.07) is 15.3. The van der Waals surface area contributed by atoms with Gasteiger partial charge in [0.1, 0.15) is 0 Å². The zero-order valence-corrected chi connectivity index (χ0v) is 17.7. The number of aromatic nitrogens is 4. The number of hydrogen-bond donors (Lipinski definition) is 1. The van der Waals surface area contributed by atoms with Crippen LogP contribution < -0.4 is 5.56 Å². The number of ketones is 1. The monoisotopic (exact) mass is 446 g/mol. The number of carbonyl (C=O) groups excluding carboxylic acids is 1. The van der Waals surface area contributed by atoms with Crippen LogP contribution >= 0.6 is 22.9 Å². The van der Waals surface area contributed by atoms with Crippen molar-refractivity contribution in [3.8, 4) is 5.13 Å². The first-order chi connectivity index (χ1) is 15.1. The number of para-hydroxylation sites is 1. The molecule has 0 amide bonds. The molecule has 3 heterocycles. The number of benzene rings is 2. The number of thiazole rings is 1. The summed E-state index contributed by atoms with van der Waals surface area (Å²) in [7, 11) is 0. The average Bonchev–Trinajstić information content (AvgIpc) is 3.35. The number of H-pyrrole nitrogens is 1. The smallest absolute Gasteiger partial charge is 0.283 e. The number of nitrogens with zero attached hydrogens (tertiary/aromatic N) is 3. The molecule has 1 atom stereocenters. The molecule has 0 unspecified atom stereocenters. The van der Waals surface area contributed by atoms with Gasteiger partial charge in [0.25, 0.3) is 5.56 Å². The fraction of sp³-hybridized carbons (Fsp3) is 0.130. The van der Waals surface area contributed by atoms with Crippen LogP contribution in [0.3, 0.4) is 0 Å². The molecule has 1 aliphatic rings.